The Hall–Kier alpha value is -1.03. The molecule has 0 aromatic heterocycles. The zero-order valence-electron chi connectivity index (χ0n) is 11.0. The van der Waals surface area contributed by atoms with Crippen molar-refractivity contribution in [3.63, 3.8) is 0 Å². The van der Waals surface area contributed by atoms with E-state index in [1.54, 1.807) is 6.07 Å². The van der Waals surface area contributed by atoms with Crippen molar-refractivity contribution in [1.82, 2.24) is 0 Å². The topological polar surface area (TPSA) is 29.5 Å². The van der Waals surface area contributed by atoms with Crippen LogP contribution in [0.25, 0.3) is 0 Å². The summed E-state index contributed by atoms with van der Waals surface area (Å²) in [5, 5.41) is 11.3. The second kappa shape index (κ2) is 5.40. The van der Waals surface area contributed by atoms with E-state index in [0.29, 0.717) is 11.6 Å². The van der Waals surface area contributed by atoms with Gasteiger partial charge in [0.2, 0.25) is 0 Å². The standard InChI is InChI=1S/C16H14BrClO2/c1-9-3-2-4-12(14(9)17)15(19)13-8-11(18)7-10-5-6-20-16(10)13/h2-4,7-8,15,19H,5-6H2,1H3. The first kappa shape index (κ1) is 13.9. The van der Waals surface area contributed by atoms with Crippen LogP contribution in [0.3, 0.4) is 0 Å². The molecule has 1 heterocycles. The fourth-order valence-corrected chi connectivity index (χ4v) is 3.28. The highest BCUT2D eigenvalue weighted by Crippen LogP contribution is 2.40. The van der Waals surface area contributed by atoms with Crippen molar-refractivity contribution >= 4 is 27.5 Å². The molecule has 0 bridgehead atoms. The van der Waals surface area contributed by atoms with E-state index in [1.807, 2.05) is 31.2 Å². The molecule has 0 aliphatic carbocycles. The third kappa shape index (κ3) is 2.34. The number of aliphatic hydroxyl groups is 1. The van der Waals surface area contributed by atoms with Crippen LogP contribution in [0.2, 0.25) is 5.02 Å². The molecule has 104 valence electrons. The van der Waals surface area contributed by atoms with Crippen molar-refractivity contribution in [1.29, 1.82) is 0 Å². The number of fused-ring (bicyclic) bond motifs is 1. The van der Waals surface area contributed by atoms with Crippen LogP contribution < -0.4 is 4.74 Å². The zero-order valence-corrected chi connectivity index (χ0v) is 13.3. The molecule has 0 spiro atoms. The van der Waals surface area contributed by atoms with Crippen LogP contribution in [0.1, 0.15) is 28.4 Å². The quantitative estimate of drug-likeness (QED) is 0.865. The minimum Gasteiger partial charge on any atom is -0.493 e. The average Bonchev–Trinajstić information content (AvgIpc) is 2.88. The number of rotatable bonds is 2. The molecular weight excluding hydrogens is 340 g/mol. The Morgan fingerprint density at radius 2 is 2.10 bits per heavy atom. The van der Waals surface area contributed by atoms with Crippen molar-refractivity contribution < 1.29 is 9.84 Å². The van der Waals surface area contributed by atoms with Gasteiger partial charge in [-0.2, -0.15) is 0 Å². The molecule has 1 aliphatic heterocycles. The first-order valence-corrected chi connectivity index (χ1v) is 7.63. The summed E-state index contributed by atoms with van der Waals surface area (Å²) >= 11 is 9.70. The lowest BCUT2D eigenvalue weighted by molar-refractivity contribution is 0.213. The number of aryl methyl sites for hydroxylation is 1. The van der Waals surface area contributed by atoms with Crippen LogP contribution >= 0.6 is 27.5 Å². The molecule has 2 aromatic rings. The van der Waals surface area contributed by atoms with Crippen molar-refractivity contribution in [2.24, 2.45) is 0 Å². The Bertz CT molecular complexity index is 670. The van der Waals surface area contributed by atoms with E-state index in [-0.39, 0.29) is 0 Å². The van der Waals surface area contributed by atoms with E-state index in [0.717, 1.165) is 38.9 Å². The van der Waals surface area contributed by atoms with Crippen LogP contribution in [0, 0.1) is 6.92 Å². The lowest BCUT2D eigenvalue weighted by Gasteiger charge is -2.17. The number of aliphatic hydroxyl groups excluding tert-OH is 1. The molecule has 1 N–H and O–H groups in total. The van der Waals surface area contributed by atoms with Crippen LogP contribution in [-0.4, -0.2) is 11.7 Å². The van der Waals surface area contributed by atoms with E-state index in [1.165, 1.54) is 0 Å². The first-order chi connectivity index (χ1) is 9.58. The molecule has 1 aliphatic rings. The van der Waals surface area contributed by atoms with Gasteiger partial charge in [0.05, 0.1) is 6.61 Å². The Balaban J connectivity index is 2.11. The van der Waals surface area contributed by atoms with Gasteiger partial charge in [0, 0.05) is 21.5 Å². The Kier molecular flexibility index (Phi) is 3.76. The minimum atomic E-state index is -0.755. The summed E-state index contributed by atoms with van der Waals surface area (Å²) in [7, 11) is 0. The smallest absolute Gasteiger partial charge is 0.128 e. The average molecular weight is 354 g/mol. The monoisotopic (exact) mass is 352 g/mol. The van der Waals surface area contributed by atoms with Crippen LogP contribution in [0.4, 0.5) is 0 Å². The molecule has 2 nitrogen and oxygen atoms in total. The predicted molar refractivity (Wildman–Crippen MR) is 83.6 cm³/mol. The fraction of sp³-hybridized carbons (Fsp3) is 0.250. The van der Waals surface area contributed by atoms with Crippen molar-refractivity contribution in [2.45, 2.75) is 19.4 Å². The van der Waals surface area contributed by atoms with E-state index < -0.39 is 6.10 Å². The van der Waals surface area contributed by atoms with Crippen LogP contribution in [-0.2, 0) is 6.42 Å². The molecule has 0 radical (unpaired) electrons. The number of ether oxygens (including phenoxy) is 1. The maximum absolute atomic E-state index is 10.7. The van der Waals surface area contributed by atoms with Gasteiger partial charge >= 0.3 is 0 Å². The highest BCUT2D eigenvalue weighted by Gasteiger charge is 2.24. The maximum Gasteiger partial charge on any atom is 0.128 e. The summed E-state index contributed by atoms with van der Waals surface area (Å²) in [5.41, 5.74) is 3.71. The van der Waals surface area contributed by atoms with Gasteiger partial charge in [0.15, 0.2) is 0 Å². The highest BCUT2D eigenvalue weighted by molar-refractivity contribution is 9.10. The highest BCUT2D eigenvalue weighted by atomic mass is 79.9. The van der Waals surface area contributed by atoms with Gasteiger partial charge in [-0.1, -0.05) is 45.7 Å². The molecule has 0 saturated carbocycles. The minimum absolute atomic E-state index is 0.632. The van der Waals surface area contributed by atoms with E-state index in [2.05, 4.69) is 15.9 Å². The van der Waals surface area contributed by atoms with Gasteiger partial charge in [0.1, 0.15) is 11.9 Å². The normalized spacial score (nSPS) is 14.8. The van der Waals surface area contributed by atoms with E-state index in [4.69, 9.17) is 16.3 Å². The molecule has 0 saturated heterocycles. The second-order valence-corrected chi connectivity index (χ2v) is 6.19. The lowest BCUT2D eigenvalue weighted by Crippen LogP contribution is -2.04. The third-order valence-corrected chi connectivity index (χ3v) is 4.89. The molecule has 0 fully saturated rings. The molecule has 1 unspecified atom stereocenters. The van der Waals surface area contributed by atoms with Gasteiger partial charge in [-0.25, -0.2) is 0 Å². The van der Waals surface area contributed by atoms with Crippen molar-refractivity contribution in [2.75, 3.05) is 6.61 Å². The number of hydrogen-bond donors (Lipinski definition) is 1. The van der Waals surface area contributed by atoms with Gasteiger partial charge in [-0.3, -0.25) is 0 Å². The summed E-state index contributed by atoms with van der Waals surface area (Å²) in [4.78, 5) is 0. The molecule has 2 aromatic carbocycles. The summed E-state index contributed by atoms with van der Waals surface area (Å²) in [5.74, 6) is 0.773. The molecule has 1 atom stereocenters. The van der Waals surface area contributed by atoms with Crippen LogP contribution in [0.5, 0.6) is 5.75 Å². The van der Waals surface area contributed by atoms with Crippen molar-refractivity contribution in [3.8, 4) is 5.75 Å². The SMILES string of the molecule is Cc1cccc(C(O)c2cc(Cl)cc3c2OCC3)c1Br. The zero-order chi connectivity index (χ0) is 14.3. The molecule has 3 rings (SSSR count). The molecule has 20 heavy (non-hydrogen) atoms. The second-order valence-electron chi connectivity index (χ2n) is 4.96. The Labute approximate surface area is 131 Å². The summed E-state index contributed by atoms with van der Waals surface area (Å²) < 4.78 is 6.58. The largest absolute Gasteiger partial charge is 0.493 e. The molecule has 4 heteroatoms. The van der Waals surface area contributed by atoms with Gasteiger partial charge in [0.25, 0.3) is 0 Å². The Morgan fingerprint density at radius 1 is 1.30 bits per heavy atom. The summed E-state index contributed by atoms with van der Waals surface area (Å²) in [6, 6.07) is 9.53. The number of benzene rings is 2. The lowest BCUT2D eigenvalue weighted by atomic mass is 9.97. The van der Waals surface area contributed by atoms with E-state index >= 15 is 0 Å². The number of hydrogen-bond acceptors (Lipinski definition) is 2. The van der Waals surface area contributed by atoms with Gasteiger partial charge in [-0.05, 0) is 35.7 Å². The third-order valence-electron chi connectivity index (χ3n) is 3.59. The van der Waals surface area contributed by atoms with Gasteiger partial charge in [-0.15, -0.1) is 0 Å². The summed E-state index contributed by atoms with van der Waals surface area (Å²) in [6.07, 6.45) is 0.0831. The van der Waals surface area contributed by atoms with Crippen molar-refractivity contribution in [3.05, 3.63) is 62.1 Å². The number of halogens is 2. The summed E-state index contributed by atoms with van der Waals surface area (Å²) in [6.45, 7) is 2.64. The molecule has 0 amide bonds. The van der Waals surface area contributed by atoms with E-state index in [9.17, 15) is 5.11 Å². The fourth-order valence-electron chi connectivity index (χ4n) is 2.55. The Morgan fingerprint density at radius 3 is 2.90 bits per heavy atom. The maximum atomic E-state index is 10.7. The predicted octanol–water partition coefficient (Wildman–Crippen LogP) is 4.43. The first-order valence-electron chi connectivity index (χ1n) is 6.46. The van der Waals surface area contributed by atoms with Crippen LogP contribution in [0.15, 0.2) is 34.8 Å². The van der Waals surface area contributed by atoms with Gasteiger partial charge < -0.3 is 9.84 Å². The molecular formula is C16H14BrClO2.